The molecule has 1 atom stereocenters. The molecule has 3 heterocycles. The van der Waals surface area contributed by atoms with Gasteiger partial charge in [-0.2, -0.15) is 0 Å². The van der Waals surface area contributed by atoms with Gasteiger partial charge in [-0.1, -0.05) is 6.07 Å². The third-order valence-corrected chi connectivity index (χ3v) is 4.26. The molecule has 8 heteroatoms. The van der Waals surface area contributed by atoms with Crippen LogP contribution in [-0.4, -0.2) is 32.1 Å². The lowest BCUT2D eigenvalue weighted by atomic mass is 9.97. The molecule has 2 aromatic heterocycles. The largest absolute Gasteiger partial charge is 0.478 e. The van der Waals surface area contributed by atoms with E-state index in [1.54, 1.807) is 19.2 Å². The van der Waals surface area contributed by atoms with Gasteiger partial charge >= 0.3 is 5.97 Å². The van der Waals surface area contributed by atoms with Crippen LogP contribution in [0.3, 0.4) is 0 Å². The normalized spacial score (nSPS) is 17.1. The summed E-state index contributed by atoms with van der Waals surface area (Å²) in [6, 6.07) is 4.36. The number of hydrogen-bond acceptors (Lipinski definition) is 5. The van der Waals surface area contributed by atoms with Gasteiger partial charge in [0.05, 0.1) is 5.57 Å². The molecule has 0 saturated carbocycles. The summed E-state index contributed by atoms with van der Waals surface area (Å²) in [5, 5.41) is 15.9. The van der Waals surface area contributed by atoms with Crippen molar-refractivity contribution in [1.29, 1.82) is 0 Å². The number of fused-ring (bicyclic) bond motifs is 1. The molecular formula is C14H14N4O3S. The number of nitrogens with zero attached hydrogens (tertiary/aromatic N) is 2. The molecule has 0 spiro atoms. The van der Waals surface area contributed by atoms with Crippen LogP contribution >= 0.6 is 11.8 Å². The van der Waals surface area contributed by atoms with Crippen molar-refractivity contribution in [3.05, 3.63) is 51.6 Å². The molecule has 1 aliphatic heterocycles. The van der Waals surface area contributed by atoms with Crippen LogP contribution in [0.5, 0.6) is 0 Å². The van der Waals surface area contributed by atoms with E-state index in [0.717, 1.165) is 10.6 Å². The molecule has 0 fully saturated rings. The van der Waals surface area contributed by atoms with Gasteiger partial charge in [0.15, 0.2) is 0 Å². The summed E-state index contributed by atoms with van der Waals surface area (Å²) >= 11 is 1.43. The van der Waals surface area contributed by atoms with Crippen molar-refractivity contribution < 1.29 is 9.90 Å². The van der Waals surface area contributed by atoms with E-state index in [1.165, 1.54) is 22.5 Å². The maximum absolute atomic E-state index is 11.7. The Morgan fingerprint density at radius 1 is 1.50 bits per heavy atom. The number of aromatic nitrogens is 3. The number of anilines is 1. The van der Waals surface area contributed by atoms with Crippen LogP contribution in [0.1, 0.15) is 18.5 Å². The van der Waals surface area contributed by atoms with Gasteiger partial charge < -0.3 is 10.4 Å². The van der Waals surface area contributed by atoms with Crippen molar-refractivity contribution in [3.8, 4) is 0 Å². The Bertz CT molecular complexity index is 837. The van der Waals surface area contributed by atoms with E-state index in [-0.39, 0.29) is 11.1 Å². The molecule has 1 aliphatic rings. The molecule has 0 radical (unpaired) electrons. The van der Waals surface area contributed by atoms with Crippen molar-refractivity contribution in [2.75, 3.05) is 11.6 Å². The Kier molecular flexibility index (Phi) is 3.53. The van der Waals surface area contributed by atoms with Gasteiger partial charge in [0.25, 0.3) is 5.56 Å². The molecule has 0 bridgehead atoms. The Morgan fingerprint density at radius 3 is 2.95 bits per heavy atom. The molecule has 3 N–H and O–H groups in total. The summed E-state index contributed by atoms with van der Waals surface area (Å²) in [7, 11) is 0. The van der Waals surface area contributed by atoms with Gasteiger partial charge in [-0.25, -0.2) is 9.78 Å². The summed E-state index contributed by atoms with van der Waals surface area (Å²) in [6.07, 6.45) is 3.54. The zero-order chi connectivity index (χ0) is 15.9. The molecule has 114 valence electrons. The molecule has 7 nitrogen and oxygen atoms in total. The fraction of sp³-hybridized carbons (Fsp3) is 0.214. The maximum Gasteiger partial charge on any atom is 0.335 e. The predicted octanol–water partition coefficient (Wildman–Crippen LogP) is 1.67. The minimum Gasteiger partial charge on any atom is -0.478 e. The SMILES string of the molecule is CSc1ncccc1C1C(C(=O)O)=C(C)Nc2cc(=O)[nH]n21. The van der Waals surface area contributed by atoms with Crippen LogP contribution in [0.4, 0.5) is 5.82 Å². The smallest absolute Gasteiger partial charge is 0.335 e. The number of pyridine rings is 1. The third-order valence-electron chi connectivity index (χ3n) is 3.53. The predicted molar refractivity (Wildman–Crippen MR) is 83.2 cm³/mol. The molecular weight excluding hydrogens is 304 g/mol. The fourth-order valence-electron chi connectivity index (χ4n) is 2.65. The minimum atomic E-state index is -1.04. The van der Waals surface area contributed by atoms with Crippen LogP contribution in [0, 0.1) is 0 Å². The Balaban J connectivity index is 2.29. The lowest BCUT2D eigenvalue weighted by Crippen LogP contribution is -2.29. The lowest BCUT2D eigenvalue weighted by molar-refractivity contribution is -0.133. The first-order chi connectivity index (χ1) is 10.5. The van der Waals surface area contributed by atoms with Crippen molar-refractivity contribution in [1.82, 2.24) is 14.8 Å². The number of H-pyrrole nitrogens is 1. The average Bonchev–Trinajstić information content (AvgIpc) is 2.85. The quantitative estimate of drug-likeness (QED) is 0.744. The molecule has 1 unspecified atom stereocenters. The number of carboxylic acid groups (broad SMARTS) is 1. The van der Waals surface area contributed by atoms with Crippen molar-refractivity contribution in [2.24, 2.45) is 0 Å². The van der Waals surface area contributed by atoms with Gasteiger partial charge in [0.1, 0.15) is 16.9 Å². The highest BCUT2D eigenvalue weighted by molar-refractivity contribution is 7.98. The Labute approximate surface area is 130 Å². The second kappa shape index (κ2) is 5.38. The first kappa shape index (κ1) is 14.5. The number of rotatable bonds is 3. The van der Waals surface area contributed by atoms with Crippen molar-refractivity contribution in [3.63, 3.8) is 0 Å². The van der Waals surface area contributed by atoms with Gasteiger partial charge in [-0.05, 0) is 19.2 Å². The van der Waals surface area contributed by atoms with Gasteiger partial charge in [-0.3, -0.25) is 14.6 Å². The highest BCUT2D eigenvalue weighted by atomic mass is 32.2. The molecule has 22 heavy (non-hydrogen) atoms. The highest BCUT2D eigenvalue weighted by Gasteiger charge is 2.34. The molecule has 0 aromatic carbocycles. The van der Waals surface area contributed by atoms with Gasteiger partial charge in [0, 0.05) is 23.5 Å². The zero-order valence-electron chi connectivity index (χ0n) is 12.0. The summed E-state index contributed by atoms with van der Waals surface area (Å²) in [6.45, 7) is 1.69. The zero-order valence-corrected chi connectivity index (χ0v) is 12.8. The number of aromatic amines is 1. The summed E-state index contributed by atoms with van der Waals surface area (Å²) < 4.78 is 1.54. The number of nitrogens with one attached hydrogen (secondary N) is 2. The highest BCUT2D eigenvalue weighted by Crippen LogP contribution is 2.37. The molecule has 3 rings (SSSR count). The van der Waals surface area contributed by atoms with E-state index in [1.807, 2.05) is 12.3 Å². The second-order valence-electron chi connectivity index (χ2n) is 4.85. The van der Waals surface area contributed by atoms with Crippen LogP contribution in [0.2, 0.25) is 0 Å². The van der Waals surface area contributed by atoms with E-state index in [2.05, 4.69) is 15.4 Å². The number of aliphatic carboxylic acids is 1. The first-order valence-corrected chi connectivity index (χ1v) is 7.77. The first-order valence-electron chi connectivity index (χ1n) is 6.54. The van der Waals surface area contributed by atoms with E-state index < -0.39 is 12.0 Å². The topological polar surface area (TPSA) is 100 Å². The average molecular weight is 318 g/mol. The summed E-state index contributed by atoms with van der Waals surface area (Å²) in [4.78, 5) is 27.7. The van der Waals surface area contributed by atoms with E-state index in [4.69, 9.17) is 0 Å². The molecule has 0 aliphatic carbocycles. The van der Waals surface area contributed by atoms with Crippen molar-refractivity contribution in [2.45, 2.75) is 18.0 Å². The molecule has 0 saturated heterocycles. The maximum atomic E-state index is 11.7. The molecule has 0 amide bonds. The number of thioether (sulfide) groups is 1. The Morgan fingerprint density at radius 2 is 2.27 bits per heavy atom. The molecule has 2 aromatic rings. The fourth-order valence-corrected chi connectivity index (χ4v) is 3.23. The number of allylic oxidation sites excluding steroid dienone is 1. The van der Waals surface area contributed by atoms with Crippen molar-refractivity contribution >= 4 is 23.5 Å². The van der Waals surface area contributed by atoms with Crippen LogP contribution in [-0.2, 0) is 4.79 Å². The van der Waals surface area contributed by atoms with E-state index in [0.29, 0.717) is 11.5 Å². The van der Waals surface area contributed by atoms with Gasteiger partial charge in [-0.15, -0.1) is 11.8 Å². The minimum absolute atomic E-state index is 0.183. The summed E-state index contributed by atoms with van der Waals surface area (Å²) in [5.74, 6) is -0.500. The lowest BCUT2D eigenvalue weighted by Gasteiger charge is -2.29. The monoisotopic (exact) mass is 318 g/mol. The van der Waals surface area contributed by atoms with Crippen LogP contribution in [0.15, 0.2) is 45.5 Å². The van der Waals surface area contributed by atoms with E-state index in [9.17, 15) is 14.7 Å². The van der Waals surface area contributed by atoms with Crippen LogP contribution < -0.4 is 10.9 Å². The third kappa shape index (κ3) is 2.21. The standard InChI is InChI=1S/C14H14N4O3S/c1-7-11(14(20)21)12(8-4-3-5-15-13(8)22-2)18-9(16-7)6-10(19)17-18/h3-6,12,16H,1-2H3,(H,17,19)(H,20,21). The summed E-state index contributed by atoms with van der Waals surface area (Å²) in [5.41, 5.74) is 1.14. The second-order valence-corrected chi connectivity index (χ2v) is 5.64. The van der Waals surface area contributed by atoms with Gasteiger partial charge in [0.2, 0.25) is 0 Å². The number of carboxylic acids is 1. The number of carbonyl (C=O) groups is 1. The van der Waals surface area contributed by atoms with Crippen LogP contribution in [0.25, 0.3) is 0 Å². The van der Waals surface area contributed by atoms with E-state index >= 15 is 0 Å². The Hall–Kier alpha value is -2.48. The number of hydrogen-bond donors (Lipinski definition) is 3.